The summed E-state index contributed by atoms with van der Waals surface area (Å²) in [6.07, 6.45) is 0. The van der Waals surface area contributed by atoms with Gasteiger partial charge in [0.25, 0.3) is 0 Å². The zero-order valence-corrected chi connectivity index (χ0v) is 10.8. The van der Waals surface area contributed by atoms with E-state index in [-0.39, 0.29) is 11.6 Å². The van der Waals surface area contributed by atoms with Crippen molar-refractivity contribution < 1.29 is 4.39 Å². The largest absolute Gasteiger partial charge is 0.368 e. The molecule has 1 unspecified atom stereocenters. The summed E-state index contributed by atoms with van der Waals surface area (Å²) in [4.78, 5) is 4.09. The zero-order valence-electron chi connectivity index (χ0n) is 10.8. The predicted molar refractivity (Wildman–Crippen MR) is 70.0 cm³/mol. The van der Waals surface area contributed by atoms with Crippen molar-refractivity contribution in [3.63, 3.8) is 0 Å². The van der Waals surface area contributed by atoms with E-state index in [0.717, 1.165) is 13.1 Å². The minimum Gasteiger partial charge on any atom is -0.368 e. The number of benzene rings is 1. The fraction of sp³-hybridized carbons (Fsp3) is 0.429. The Morgan fingerprint density at radius 1 is 1.21 bits per heavy atom. The van der Waals surface area contributed by atoms with Gasteiger partial charge in [-0.3, -0.25) is 4.90 Å². The number of rotatable bonds is 2. The molecule has 0 saturated carbocycles. The van der Waals surface area contributed by atoms with Gasteiger partial charge in [-0.1, -0.05) is 6.07 Å². The van der Waals surface area contributed by atoms with Gasteiger partial charge in [-0.25, -0.2) is 4.39 Å². The van der Waals surface area contributed by atoms with E-state index in [0.29, 0.717) is 18.8 Å². The standard InChI is InChI=1S/C14H15FN4/c1-11(9-16)18-5-7-19(8-6-18)14-4-2-3-13(15)12(14)10-17/h2-4,11H,5-8H2,1H3. The predicted octanol–water partition coefficient (Wildman–Crippen LogP) is 1.73. The molecule has 1 fully saturated rings. The fourth-order valence-electron chi connectivity index (χ4n) is 2.32. The van der Waals surface area contributed by atoms with E-state index in [1.54, 1.807) is 12.1 Å². The van der Waals surface area contributed by atoms with Crippen molar-refractivity contribution in [3.8, 4) is 12.1 Å². The van der Waals surface area contributed by atoms with Crippen LogP contribution in [0.3, 0.4) is 0 Å². The van der Waals surface area contributed by atoms with Gasteiger partial charge >= 0.3 is 0 Å². The van der Waals surface area contributed by atoms with Crippen LogP contribution in [0.2, 0.25) is 0 Å². The van der Waals surface area contributed by atoms with E-state index >= 15 is 0 Å². The molecule has 1 aromatic carbocycles. The first-order valence-corrected chi connectivity index (χ1v) is 6.24. The summed E-state index contributed by atoms with van der Waals surface area (Å²) in [7, 11) is 0. The zero-order chi connectivity index (χ0) is 13.8. The Balaban J connectivity index is 2.13. The Kier molecular flexibility index (Phi) is 3.99. The van der Waals surface area contributed by atoms with E-state index < -0.39 is 5.82 Å². The second kappa shape index (κ2) is 5.69. The second-order valence-corrected chi connectivity index (χ2v) is 4.57. The van der Waals surface area contributed by atoms with E-state index in [1.807, 2.05) is 17.9 Å². The molecular weight excluding hydrogens is 243 g/mol. The van der Waals surface area contributed by atoms with Crippen LogP contribution in [-0.4, -0.2) is 37.1 Å². The maximum absolute atomic E-state index is 13.6. The SMILES string of the molecule is CC(C#N)N1CCN(c2cccc(F)c2C#N)CC1. The lowest BCUT2D eigenvalue weighted by molar-refractivity contribution is 0.231. The summed E-state index contributed by atoms with van der Waals surface area (Å²) in [5.41, 5.74) is 0.746. The number of nitrogens with zero attached hydrogens (tertiary/aromatic N) is 4. The first kappa shape index (κ1) is 13.3. The highest BCUT2D eigenvalue weighted by Gasteiger charge is 2.23. The van der Waals surface area contributed by atoms with Crippen molar-refractivity contribution >= 4 is 5.69 Å². The van der Waals surface area contributed by atoms with Crippen molar-refractivity contribution in [3.05, 3.63) is 29.6 Å². The third kappa shape index (κ3) is 2.67. The second-order valence-electron chi connectivity index (χ2n) is 4.57. The molecule has 5 heteroatoms. The maximum atomic E-state index is 13.6. The fourth-order valence-corrected chi connectivity index (χ4v) is 2.32. The maximum Gasteiger partial charge on any atom is 0.143 e. The van der Waals surface area contributed by atoms with Crippen LogP contribution in [0.15, 0.2) is 18.2 Å². The molecule has 0 amide bonds. The van der Waals surface area contributed by atoms with E-state index in [4.69, 9.17) is 10.5 Å². The molecule has 4 nitrogen and oxygen atoms in total. The summed E-state index contributed by atoms with van der Waals surface area (Å²) in [6, 6.07) is 8.72. The Morgan fingerprint density at radius 2 is 1.89 bits per heavy atom. The average Bonchev–Trinajstić information content (AvgIpc) is 2.46. The van der Waals surface area contributed by atoms with E-state index in [9.17, 15) is 4.39 Å². The molecule has 0 N–H and O–H groups in total. The lowest BCUT2D eigenvalue weighted by Crippen LogP contribution is -2.49. The van der Waals surface area contributed by atoms with Crippen LogP contribution in [0.1, 0.15) is 12.5 Å². The molecule has 1 aromatic rings. The summed E-state index contributed by atoms with van der Waals surface area (Å²) >= 11 is 0. The van der Waals surface area contributed by atoms with Crippen molar-refractivity contribution in [2.45, 2.75) is 13.0 Å². The summed E-state index contributed by atoms with van der Waals surface area (Å²) in [5, 5.41) is 17.9. The summed E-state index contributed by atoms with van der Waals surface area (Å²) in [5.74, 6) is -0.479. The van der Waals surface area contributed by atoms with Crippen LogP contribution in [0.4, 0.5) is 10.1 Å². The third-order valence-corrected chi connectivity index (χ3v) is 3.49. The number of hydrogen-bond acceptors (Lipinski definition) is 4. The number of hydrogen-bond donors (Lipinski definition) is 0. The van der Waals surface area contributed by atoms with Gasteiger partial charge in [0.1, 0.15) is 17.4 Å². The third-order valence-electron chi connectivity index (χ3n) is 3.49. The molecule has 0 aromatic heterocycles. The minimum atomic E-state index is -0.479. The highest BCUT2D eigenvalue weighted by molar-refractivity contribution is 5.60. The molecule has 1 aliphatic heterocycles. The van der Waals surface area contributed by atoms with Gasteiger partial charge in [-0.05, 0) is 19.1 Å². The normalized spacial score (nSPS) is 17.6. The van der Waals surface area contributed by atoms with Crippen molar-refractivity contribution in [1.82, 2.24) is 4.90 Å². The number of nitriles is 2. The van der Waals surface area contributed by atoms with Crippen LogP contribution in [0, 0.1) is 28.5 Å². The van der Waals surface area contributed by atoms with Gasteiger partial charge in [0.05, 0.1) is 17.8 Å². The van der Waals surface area contributed by atoms with Crippen molar-refractivity contribution in [1.29, 1.82) is 10.5 Å². The molecule has 98 valence electrons. The first-order valence-electron chi connectivity index (χ1n) is 6.24. The first-order chi connectivity index (χ1) is 9.17. The molecule has 0 bridgehead atoms. The number of anilines is 1. The monoisotopic (exact) mass is 258 g/mol. The quantitative estimate of drug-likeness (QED) is 0.810. The van der Waals surface area contributed by atoms with Gasteiger partial charge in [0, 0.05) is 26.2 Å². The van der Waals surface area contributed by atoms with Gasteiger partial charge in [-0.2, -0.15) is 10.5 Å². The number of halogens is 1. The van der Waals surface area contributed by atoms with Crippen LogP contribution >= 0.6 is 0 Å². The highest BCUT2D eigenvalue weighted by atomic mass is 19.1. The molecule has 1 aliphatic rings. The smallest absolute Gasteiger partial charge is 0.143 e. The van der Waals surface area contributed by atoms with E-state index in [2.05, 4.69) is 11.0 Å². The molecule has 2 rings (SSSR count). The van der Waals surface area contributed by atoms with Gasteiger partial charge in [0.2, 0.25) is 0 Å². The molecule has 1 atom stereocenters. The summed E-state index contributed by atoms with van der Waals surface area (Å²) in [6.45, 7) is 4.76. The Hall–Kier alpha value is -2.11. The molecule has 1 saturated heterocycles. The molecule has 0 aliphatic carbocycles. The average molecular weight is 258 g/mol. The molecule has 0 radical (unpaired) electrons. The molecular formula is C14H15FN4. The van der Waals surface area contributed by atoms with Crippen LogP contribution in [-0.2, 0) is 0 Å². The lowest BCUT2D eigenvalue weighted by atomic mass is 10.1. The topological polar surface area (TPSA) is 54.1 Å². The minimum absolute atomic E-state index is 0.101. The van der Waals surface area contributed by atoms with Crippen LogP contribution in [0.5, 0.6) is 0 Å². The molecule has 19 heavy (non-hydrogen) atoms. The lowest BCUT2D eigenvalue weighted by Gasteiger charge is -2.37. The Morgan fingerprint density at radius 3 is 2.47 bits per heavy atom. The molecule has 0 spiro atoms. The highest BCUT2D eigenvalue weighted by Crippen LogP contribution is 2.23. The van der Waals surface area contributed by atoms with Gasteiger partial charge in [-0.15, -0.1) is 0 Å². The van der Waals surface area contributed by atoms with E-state index in [1.165, 1.54) is 6.07 Å². The van der Waals surface area contributed by atoms with Gasteiger partial charge in [0.15, 0.2) is 0 Å². The number of piperazine rings is 1. The van der Waals surface area contributed by atoms with Crippen molar-refractivity contribution in [2.24, 2.45) is 0 Å². The van der Waals surface area contributed by atoms with Gasteiger partial charge < -0.3 is 4.90 Å². The molecule has 1 heterocycles. The summed E-state index contributed by atoms with van der Waals surface area (Å²) < 4.78 is 13.6. The van der Waals surface area contributed by atoms with Crippen LogP contribution < -0.4 is 4.90 Å². The van der Waals surface area contributed by atoms with Crippen molar-refractivity contribution in [2.75, 3.05) is 31.1 Å². The van der Waals surface area contributed by atoms with Crippen LogP contribution in [0.25, 0.3) is 0 Å². The Bertz CT molecular complexity index is 535. The Labute approximate surface area is 112 Å².